The molecule has 1 atom stereocenters. The Kier molecular flexibility index (Phi) is 4.51. The fraction of sp³-hybridized carbons (Fsp3) is 0.400. The van der Waals surface area contributed by atoms with Crippen LogP contribution >= 0.6 is 0 Å². The van der Waals surface area contributed by atoms with Crippen LogP contribution in [0.15, 0.2) is 30.6 Å². The fourth-order valence-corrected chi connectivity index (χ4v) is 3.47. The van der Waals surface area contributed by atoms with Gasteiger partial charge in [-0.05, 0) is 24.5 Å². The fourth-order valence-electron chi connectivity index (χ4n) is 3.47. The summed E-state index contributed by atoms with van der Waals surface area (Å²) in [6.07, 6.45) is 2.32. The van der Waals surface area contributed by atoms with E-state index in [0.29, 0.717) is 12.5 Å². The first kappa shape index (κ1) is 17.5. The number of anilines is 1. The summed E-state index contributed by atoms with van der Waals surface area (Å²) in [4.78, 5) is 13.8. The first-order valence-electron chi connectivity index (χ1n) is 9.20. The Morgan fingerprint density at radius 2 is 2.00 bits per heavy atom. The maximum Gasteiger partial charge on any atom is 0.149 e. The van der Waals surface area contributed by atoms with Gasteiger partial charge >= 0.3 is 0 Å². The Labute approximate surface area is 158 Å². The van der Waals surface area contributed by atoms with Crippen LogP contribution in [0.2, 0.25) is 0 Å². The second-order valence-electron chi connectivity index (χ2n) is 7.23. The van der Waals surface area contributed by atoms with Crippen LogP contribution in [-0.2, 0) is 20.1 Å². The third-order valence-electron chi connectivity index (χ3n) is 4.89. The molecule has 1 aromatic carbocycles. The molecule has 1 N–H and O–H groups in total. The van der Waals surface area contributed by atoms with Crippen molar-refractivity contribution in [3.63, 3.8) is 0 Å². The summed E-state index contributed by atoms with van der Waals surface area (Å²) in [7, 11) is 1.91. The van der Waals surface area contributed by atoms with Crippen LogP contribution in [0, 0.1) is 12.8 Å². The maximum absolute atomic E-state index is 5.98. The van der Waals surface area contributed by atoms with E-state index in [0.717, 1.165) is 46.5 Å². The molecule has 0 aliphatic carbocycles. The number of nitrogens with zero attached hydrogens (tertiary/aromatic N) is 5. The molecule has 4 rings (SSSR count). The van der Waals surface area contributed by atoms with E-state index in [2.05, 4.69) is 40.3 Å². The molecule has 0 fully saturated rings. The molecule has 1 unspecified atom stereocenters. The van der Waals surface area contributed by atoms with Gasteiger partial charge in [0, 0.05) is 19.0 Å². The first-order chi connectivity index (χ1) is 13.0. The van der Waals surface area contributed by atoms with Crippen LogP contribution in [0.1, 0.15) is 48.4 Å². The topological polar surface area (TPSA) is 77.8 Å². The number of para-hydroxylation sites is 1. The minimum atomic E-state index is -0.00434. The van der Waals surface area contributed by atoms with Crippen LogP contribution in [0.25, 0.3) is 0 Å². The number of ether oxygens (including phenoxy) is 1. The standard InChI is InChI=1S/C20H24N6O/c1-12(2)18(20-21-11-22-26(20)4)25-19-15-9-14-7-5-6-8-17(14)27-10-16(15)23-13(3)24-19/h5-8,11-12,18H,9-10H2,1-4H3,(H,23,24,25). The molecule has 0 amide bonds. The van der Waals surface area contributed by atoms with Crippen LogP contribution in [0.4, 0.5) is 5.82 Å². The van der Waals surface area contributed by atoms with E-state index in [9.17, 15) is 0 Å². The average Bonchev–Trinajstić information content (AvgIpc) is 2.96. The summed E-state index contributed by atoms with van der Waals surface area (Å²) in [5.74, 6) is 3.69. The third kappa shape index (κ3) is 3.37. The average molecular weight is 364 g/mol. The van der Waals surface area contributed by atoms with E-state index in [1.54, 1.807) is 6.33 Å². The molecule has 27 heavy (non-hydrogen) atoms. The molecule has 3 aromatic rings. The number of benzene rings is 1. The SMILES string of the molecule is Cc1nc2c(c(NC(c3ncnn3C)C(C)C)n1)Cc1ccccc1OC2. The normalized spacial score (nSPS) is 14.1. The second-order valence-corrected chi connectivity index (χ2v) is 7.23. The number of aryl methyl sites for hydroxylation is 2. The van der Waals surface area contributed by atoms with Crippen molar-refractivity contribution >= 4 is 5.82 Å². The van der Waals surface area contributed by atoms with Gasteiger partial charge in [0.15, 0.2) is 0 Å². The Morgan fingerprint density at radius 1 is 1.19 bits per heavy atom. The first-order valence-corrected chi connectivity index (χ1v) is 9.20. The molecule has 0 spiro atoms. The molecule has 0 saturated carbocycles. The van der Waals surface area contributed by atoms with Crippen LogP contribution in [0.5, 0.6) is 5.75 Å². The van der Waals surface area contributed by atoms with Gasteiger partial charge in [-0.15, -0.1) is 0 Å². The highest BCUT2D eigenvalue weighted by Crippen LogP contribution is 2.33. The monoisotopic (exact) mass is 364 g/mol. The Hall–Kier alpha value is -2.96. The van der Waals surface area contributed by atoms with Gasteiger partial charge in [-0.3, -0.25) is 4.68 Å². The zero-order valence-electron chi connectivity index (χ0n) is 16.1. The van der Waals surface area contributed by atoms with Crippen LogP contribution in [-0.4, -0.2) is 24.7 Å². The lowest BCUT2D eigenvalue weighted by Crippen LogP contribution is -2.23. The highest BCUT2D eigenvalue weighted by molar-refractivity contribution is 5.53. The number of hydrogen-bond acceptors (Lipinski definition) is 6. The highest BCUT2D eigenvalue weighted by atomic mass is 16.5. The Balaban J connectivity index is 1.76. The maximum atomic E-state index is 5.98. The number of aromatic nitrogens is 5. The lowest BCUT2D eigenvalue weighted by Gasteiger charge is -2.24. The summed E-state index contributed by atoms with van der Waals surface area (Å²) in [6.45, 7) is 6.69. The van der Waals surface area contributed by atoms with Gasteiger partial charge in [0.25, 0.3) is 0 Å². The zero-order chi connectivity index (χ0) is 19.0. The zero-order valence-corrected chi connectivity index (χ0v) is 16.1. The molecule has 1 aliphatic rings. The van der Waals surface area contributed by atoms with Crippen LogP contribution in [0.3, 0.4) is 0 Å². The molecule has 7 heteroatoms. The molecule has 2 aromatic heterocycles. The van der Waals surface area contributed by atoms with Crippen molar-refractivity contribution in [1.82, 2.24) is 24.7 Å². The van der Waals surface area contributed by atoms with Gasteiger partial charge in [-0.25, -0.2) is 15.0 Å². The van der Waals surface area contributed by atoms with Gasteiger partial charge < -0.3 is 10.1 Å². The van der Waals surface area contributed by atoms with Gasteiger partial charge in [0.05, 0.1) is 11.7 Å². The van der Waals surface area contributed by atoms with Crippen molar-refractivity contribution in [1.29, 1.82) is 0 Å². The van der Waals surface area contributed by atoms with Crippen molar-refractivity contribution in [3.8, 4) is 5.75 Å². The van der Waals surface area contributed by atoms with Crippen molar-refractivity contribution in [2.45, 2.75) is 39.8 Å². The molecular weight excluding hydrogens is 340 g/mol. The molecule has 0 saturated heterocycles. The minimum absolute atomic E-state index is 0.00434. The summed E-state index contributed by atoms with van der Waals surface area (Å²) in [5.41, 5.74) is 3.16. The van der Waals surface area contributed by atoms with Crippen molar-refractivity contribution in [2.24, 2.45) is 13.0 Å². The minimum Gasteiger partial charge on any atom is -0.487 e. The predicted octanol–water partition coefficient (Wildman–Crippen LogP) is 3.21. The van der Waals surface area contributed by atoms with Crippen molar-refractivity contribution < 1.29 is 4.74 Å². The summed E-state index contributed by atoms with van der Waals surface area (Å²) in [6, 6.07) is 8.12. The van der Waals surface area contributed by atoms with E-state index in [-0.39, 0.29) is 6.04 Å². The molecule has 7 nitrogen and oxygen atoms in total. The van der Waals surface area contributed by atoms with Gasteiger partial charge in [-0.1, -0.05) is 32.0 Å². The predicted molar refractivity (Wildman–Crippen MR) is 103 cm³/mol. The number of rotatable bonds is 4. The summed E-state index contributed by atoms with van der Waals surface area (Å²) < 4.78 is 7.79. The molecule has 0 radical (unpaired) electrons. The molecular formula is C20H24N6O. The lowest BCUT2D eigenvalue weighted by atomic mass is 10.0. The van der Waals surface area contributed by atoms with E-state index in [1.165, 1.54) is 0 Å². The van der Waals surface area contributed by atoms with Crippen molar-refractivity contribution in [2.75, 3.05) is 5.32 Å². The molecule has 140 valence electrons. The quantitative estimate of drug-likeness (QED) is 0.766. The number of fused-ring (bicyclic) bond motifs is 2. The van der Waals surface area contributed by atoms with E-state index < -0.39 is 0 Å². The smallest absolute Gasteiger partial charge is 0.149 e. The second kappa shape index (κ2) is 6.98. The van der Waals surface area contributed by atoms with E-state index in [4.69, 9.17) is 9.72 Å². The van der Waals surface area contributed by atoms with E-state index >= 15 is 0 Å². The third-order valence-corrected chi connectivity index (χ3v) is 4.89. The Bertz CT molecular complexity index is 965. The van der Waals surface area contributed by atoms with Gasteiger partial charge in [0.2, 0.25) is 0 Å². The number of hydrogen-bond donors (Lipinski definition) is 1. The highest BCUT2D eigenvalue weighted by Gasteiger charge is 2.25. The largest absolute Gasteiger partial charge is 0.487 e. The van der Waals surface area contributed by atoms with Crippen molar-refractivity contribution in [3.05, 3.63) is 59.1 Å². The summed E-state index contributed by atoms with van der Waals surface area (Å²) in [5, 5.41) is 7.84. The van der Waals surface area contributed by atoms with E-state index in [1.807, 2.05) is 36.9 Å². The lowest BCUT2D eigenvalue weighted by molar-refractivity contribution is 0.302. The number of nitrogens with one attached hydrogen (secondary N) is 1. The van der Waals surface area contributed by atoms with Crippen LogP contribution < -0.4 is 10.1 Å². The summed E-state index contributed by atoms with van der Waals surface area (Å²) >= 11 is 0. The molecule has 0 bridgehead atoms. The van der Waals surface area contributed by atoms with Gasteiger partial charge in [-0.2, -0.15) is 5.10 Å². The molecule has 1 aliphatic heterocycles. The Morgan fingerprint density at radius 3 is 2.74 bits per heavy atom. The molecule has 3 heterocycles. The van der Waals surface area contributed by atoms with Gasteiger partial charge in [0.1, 0.15) is 36.2 Å².